The second-order valence-electron chi connectivity index (χ2n) is 5.62. The molecule has 1 saturated carbocycles. The van der Waals surface area contributed by atoms with Gasteiger partial charge in [-0.3, -0.25) is 0 Å². The van der Waals surface area contributed by atoms with Gasteiger partial charge in [0.1, 0.15) is 5.82 Å². The lowest BCUT2D eigenvalue weighted by Gasteiger charge is -2.22. The molecule has 2 fully saturated rings. The average molecular weight is 302 g/mol. The topological polar surface area (TPSA) is 68.5 Å². The molecule has 0 aromatic carbocycles. The lowest BCUT2D eigenvalue weighted by Crippen LogP contribution is -2.30. The third kappa shape index (κ3) is 2.80. The molecule has 6 nitrogen and oxygen atoms in total. The third-order valence-corrected chi connectivity index (χ3v) is 4.84. The summed E-state index contributed by atoms with van der Waals surface area (Å²) in [5, 5.41) is 14.0. The summed E-state index contributed by atoms with van der Waals surface area (Å²) in [4.78, 5) is 8.55. The number of rotatable bonds is 4. The number of hydrogen-bond acceptors (Lipinski definition) is 6. The third-order valence-electron chi connectivity index (χ3n) is 3.99. The fraction of sp³-hybridized carbons (Fsp3) is 0.571. The second-order valence-corrected chi connectivity index (χ2v) is 6.55. The highest BCUT2D eigenvalue weighted by Crippen LogP contribution is 2.41. The van der Waals surface area contributed by atoms with Gasteiger partial charge in [0.2, 0.25) is 0 Å². The van der Waals surface area contributed by atoms with Gasteiger partial charge in [0.25, 0.3) is 0 Å². The van der Waals surface area contributed by atoms with Gasteiger partial charge < -0.3 is 9.88 Å². The van der Waals surface area contributed by atoms with E-state index in [0.717, 1.165) is 29.2 Å². The maximum absolute atomic E-state index is 4.49. The van der Waals surface area contributed by atoms with Gasteiger partial charge in [0.15, 0.2) is 10.3 Å². The number of nitrogens with one attached hydrogen (secondary N) is 1. The van der Waals surface area contributed by atoms with E-state index in [1.807, 2.05) is 6.07 Å². The molecule has 0 unspecified atom stereocenters. The summed E-state index contributed by atoms with van der Waals surface area (Å²) in [6.07, 6.45) is 8.40. The Kier molecular flexibility index (Phi) is 3.60. The van der Waals surface area contributed by atoms with Crippen molar-refractivity contribution >= 4 is 11.8 Å². The van der Waals surface area contributed by atoms with Gasteiger partial charge in [-0.05, 0) is 50.1 Å². The van der Waals surface area contributed by atoms with Gasteiger partial charge in [-0.25, -0.2) is 9.97 Å². The van der Waals surface area contributed by atoms with Crippen molar-refractivity contribution in [2.75, 3.05) is 13.1 Å². The molecule has 7 heteroatoms. The maximum atomic E-state index is 4.49. The van der Waals surface area contributed by atoms with Crippen molar-refractivity contribution in [2.45, 2.75) is 48.0 Å². The summed E-state index contributed by atoms with van der Waals surface area (Å²) < 4.78 is 2.33. The van der Waals surface area contributed by atoms with Crippen molar-refractivity contribution in [3.05, 3.63) is 24.3 Å². The predicted octanol–water partition coefficient (Wildman–Crippen LogP) is 2.02. The van der Waals surface area contributed by atoms with Crippen LogP contribution in [0.5, 0.6) is 0 Å². The summed E-state index contributed by atoms with van der Waals surface area (Å²) in [5.74, 6) is 1.63. The van der Waals surface area contributed by atoms with Crippen molar-refractivity contribution in [1.82, 2.24) is 30.0 Å². The minimum absolute atomic E-state index is 0.484. The molecule has 3 heterocycles. The molecule has 1 aliphatic heterocycles. The smallest absolute Gasteiger partial charge is 0.199 e. The first-order valence-corrected chi connectivity index (χ1v) is 8.34. The summed E-state index contributed by atoms with van der Waals surface area (Å²) in [5.41, 5.74) is 0. The summed E-state index contributed by atoms with van der Waals surface area (Å²) in [7, 11) is 0. The standard InChI is InChI=1S/C14H18N6S/c1-3-10(9-15-6-1)12-18-19-14(20(12)11-4-5-11)21-13-16-7-2-8-17-13/h2,7-8,10-11,15H,1,3-6,9H2/t10-/m1/s1. The molecular formula is C14H18N6S. The number of aromatic nitrogens is 5. The van der Waals surface area contributed by atoms with Crippen LogP contribution < -0.4 is 5.32 Å². The van der Waals surface area contributed by atoms with Crippen LogP contribution in [0.4, 0.5) is 0 Å². The Balaban J connectivity index is 1.63. The largest absolute Gasteiger partial charge is 0.316 e. The Morgan fingerprint density at radius 2 is 2.00 bits per heavy atom. The molecule has 1 saturated heterocycles. The average Bonchev–Trinajstić information content (AvgIpc) is 3.30. The number of hydrogen-bond donors (Lipinski definition) is 1. The van der Waals surface area contributed by atoms with Crippen LogP contribution in [0.15, 0.2) is 28.8 Å². The van der Waals surface area contributed by atoms with Crippen LogP contribution in [0.1, 0.15) is 43.5 Å². The Morgan fingerprint density at radius 1 is 1.14 bits per heavy atom. The molecule has 21 heavy (non-hydrogen) atoms. The van der Waals surface area contributed by atoms with Gasteiger partial charge in [-0.15, -0.1) is 10.2 Å². The zero-order chi connectivity index (χ0) is 14.1. The minimum atomic E-state index is 0.484. The molecule has 1 aliphatic carbocycles. The molecule has 1 atom stereocenters. The molecule has 2 aromatic heterocycles. The number of nitrogens with zero attached hydrogens (tertiary/aromatic N) is 5. The first-order valence-electron chi connectivity index (χ1n) is 7.52. The highest BCUT2D eigenvalue weighted by atomic mass is 32.2. The van der Waals surface area contributed by atoms with Crippen LogP contribution in [0.2, 0.25) is 0 Å². The van der Waals surface area contributed by atoms with E-state index in [1.165, 1.54) is 37.4 Å². The highest BCUT2D eigenvalue weighted by molar-refractivity contribution is 7.99. The zero-order valence-corrected chi connectivity index (χ0v) is 12.6. The van der Waals surface area contributed by atoms with Gasteiger partial charge in [-0.1, -0.05) is 0 Å². The quantitative estimate of drug-likeness (QED) is 0.872. The van der Waals surface area contributed by atoms with Crippen LogP contribution >= 0.6 is 11.8 Å². The van der Waals surface area contributed by atoms with Crippen molar-refractivity contribution < 1.29 is 0 Å². The van der Waals surface area contributed by atoms with Gasteiger partial charge in [0.05, 0.1) is 0 Å². The molecule has 2 aromatic rings. The molecule has 0 amide bonds. The number of piperidine rings is 1. The molecule has 4 rings (SSSR count). The Morgan fingerprint density at radius 3 is 2.71 bits per heavy atom. The van der Waals surface area contributed by atoms with Gasteiger partial charge >= 0.3 is 0 Å². The van der Waals surface area contributed by atoms with E-state index in [-0.39, 0.29) is 0 Å². The van der Waals surface area contributed by atoms with E-state index in [0.29, 0.717) is 12.0 Å². The highest BCUT2D eigenvalue weighted by Gasteiger charge is 2.33. The zero-order valence-electron chi connectivity index (χ0n) is 11.8. The van der Waals surface area contributed by atoms with Crippen molar-refractivity contribution in [3.8, 4) is 0 Å². The van der Waals surface area contributed by atoms with E-state index >= 15 is 0 Å². The maximum Gasteiger partial charge on any atom is 0.199 e. The molecule has 0 radical (unpaired) electrons. The second kappa shape index (κ2) is 5.73. The molecule has 0 spiro atoms. The van der Waals surface area contributed by atoms with Crippen LogP contribution in [0.25, 0.3) is 0 Å². The fourth-order valence-corrected chi connectivity index (χ4v) is 3.62. The van der Waals surface area contributed by atoms with E-state index in [9.17, 15) is 0 Å². The van der Waals surface area contributed by atoms with E-state index in [1.54, 1.807) is 12.4 Å². The fourth-order valence-electron chi connectivity index (χ4n) is 2.80. The summed E-state index contributed by atoms with van der Waals surface area (Å²) >= 11 is 1.51. The van der Waals surface area contributed by atoms with Crippen molar-refractivity contribution in [3.63, 3.8) is 0 Å². The lowest BCUT2D eigenvalue weighted by molar-refractivity contribution is 0.428. The normalized spacial score (nSPS) is 22.4. The molecule has 1 N–H and O–H groups in total. The summed E-state index contributed by atoms with van der Waals surface area (Å²) in [6, 6.07) is 2.40. The van der Waals surface area contributed by atoms with Gasteiger partial charge in [0, 0.05) is 30.9 Å². The molecular weight excluding hydrogens is 284 g/mol. The van der Waals surface area contributed by atoms with E-state index in [4.69, 9.17) is 0 Å². The van der Waals surface area contributed by atoms with Crippen LogP contribution in [-0.2, 0) is 0 Å². The van der Waals surface area contributed by atoms with E-state index < -0.39 is 0 Å². The lowest BCUT2D eigenvalue weighted by atomic mass is 9.99. The van der Waals surface area contributed by atoms with Crippen molar-refractivity contribution in [1.29, 1.82) is 0 Å². The minimum Gasteiger partial charge on any atom is -0.316 e. The summed E-state index contributed by atoms with van der Waals surface area (Å²) in [6.45, 7) is 2.13. The monoisotopic (exact) mass is 302 g/mol. The Bertz CT molecular complexity index is 603. The van der Waals surface area contributed by atoms with Crippen LogP contribution in [0.3, 0.4) is 0 Å². The van der Waals surface area contributed by atoms with Crippen LogP contribution in [-0.4, -0.2) is 37.8 Å². The Labute approximate surface area is 127 Å². The van der Waals surface area contributed by atoms with E-state index in [2.05, 4.69) is 30.0 Å². The Hall–Kier alpha value is -1.47. The first-order chi connectivity index (χ1) is 10.4. The predicted molar refractivity (Wildman–Crippen MR) is 79.3 cm³/mol. The SMILES string of the molecule is c1cnc(Sc2nnc([C@@H]3CCCNC3)n2C2CC2)nc1. The molecule has 0 bridgehead atoms. The van der Waals surface area contributed by atoms with Crippen molar-refractivity contribution in [2.24, 2.45) is 0 Å². The first kappa shape index (κ1) is 13.2. The van der Waals surface area contributed by atoms with Crippen LogP contribution in [0, 0.1) is 0 Å². The molecule has 110 valence electrons. The molecule has 2 aliphatic rings. The van der Waals surface area contributed by atoms with Gasteiger partial charge in [-0.2, -0.15) is 0 Å².